The molecule has 0 spiro atoms. The van der Waals surface area contributed by atoms with Crippen LogP contribution in [0.1, 0.15) is 21.7 Å². The van der Waals surface area contributed by atoms with E-state index < -0.39 is 0 Å². The van der Waals surface area contributed by atoms with Crippen LogP contribution in [0.15, 0.2) is 60.7 Å². The predicted octanol–water partition coefficient (Wildman–Crippen LogP) is 4.57. The Labute approximate surface area is 182 Å². The van der Waals surface area contributed by atoms with Crippen molar-refractivity contribution in [3.63, 3.8) is 0 Å². The van der Waals surface area contributed by atoms with E-state index in [0.29, 0.717) is 39.8 Å². The Hall–Kier alpha value is -3.16. The van der Waals surface area contributed by atoms with Gasteiger partial charge >= 0.3 is 0 Å². The highest BCUT2D eigenvalue weighted by atomic mass is 35.5. The minimum Gasteiger partial charge on any atom is -0.326 e. The number of benzene rings is 2. The summed E-state index contributed by atoms with van der Waals surface area (Å²) < 4.78 is 0.708. The van der Waals surface area contributed by atoms with Gasteiger partial charge in [-0.25, -0.2) is 0 Å². The summed E-state index contributed by atoms with van der Waals surface area (Å²) in [5.74, 6) is -0.622. The summed E-state index contributed by atoms with van der Waals surface area (Å²) in [7, 11) is 0. The first-order valence-electron chi connectivity index (χ1n) is 9.34. The molecule has 2 heterocycles. The van der Waals surface area contributed by atoms with E-state index in [0.717, 1.165) is 4.88 Å². The molecular weight excluding hydrogens is 422 g/mol. The number of carbonyl (C=O) groups excluding carboxylic acids is 3. The van der Waals surface area contributed by atoms with Crippen molar-refractivity contribution in [2.24, 2.45) is 0 Å². The molecule has 0 fully saturated rings. The number of aryl methyl sites for hydroxylation is 1. The third kappa shape index (κ3) is 4.53. The van der Waals surface area contributed by atoms with Gasteiger partial charge in [0.05, 0.1) is 15.7 Å². The van der Waals surface area contributed by atoms with Crippen molar-refractivity contribution >= 4 is 57.7 Å². The fourth-order valence-electron chi connectivity index (χ4n) is 3.21. The van der Waals surface area contributed by atoms with Gasteiger partial charge < -0.3 is 10.6 Å². The van der Waals surface area contributed by atoms with Crippen LogP contribution in [0.2, 0.25) is 4.34 Å². The molecule has 3 amide bonds. The number of nitrogens with one attached hydrogen (secondary N) is 2. The van der Waals surface area contributed by atoms with Crippen molar-refractivity contribution in [2.45, 2.75) is 12.8 Å². The zero-order valence-electron chi connectivity index (χ0n) is 15.9. The first kappa shape index (κ1) is 20.1. The van der Waals surface area contributed by atoms with Gasteiger partial charge in [0, 0.05) is 22.5 Å². The molecule has 4 rings (SSSR count). The van der Waals surface area contributed by atoms with E-state index in [4.69, 9.17) is 11.6 Å². The first-order chi connectivity index (χ1) is 14.5. The van der Waals surface area contributed by atoms with Crippen LogP contribution in [0.3, 0.4) is 0 Å². The van der Waals surface area contributed by atoms with E-state index in [2.05, 4.69) is 10.6 Å². The number of rotatable bonds is 5. The van der Waals surface area contributed by atoms with Gasteiger partial charge in [-0.2, -0.15) is 0 Å². The topological polar surface area (TPSA) is 78.5 Å². The molecule has 2 N–H and O–H groups in total. The molecule has 0 bridgehead atoms. The predicted molar refractivity (Wildman–Crippen MR) is 119 cm³/mol. The smallest absolute Gasteiger partial charge is 0.258 e. The standard InChI is InChI=1S/C22H18ClN3O3S/c23-19-11-9-16(30-19)10-12-20(27)24-15-7-5-14(6-8-15)22(29)26-13-21(28)25-17-3-1-2-4-18(17)26/h1-9,11H,10,12-13H2,(H,24,27)(H,25,28). The minimum absolute atomic E-state index is 0.0406. The maximum Gasteiger partial charge on any atom is 0.258 e. The van der Waals surface area contributed by atoms with E-state index >= 15 is 0 Å². The highest BCUT2D eigenvalue weighted by Crippen LogP contribution is 2.30. The molecule has 1 aliphatic rings. The lowest BCUT2D eigenvalue weighted by Gasteiger charge is -2.29. The van der Waals surface area contributed by atoms with Crippen LogP contribution in [-0.4, -0.2) is 24.3 Å². The fraction of sp³-hybridized carbons (Fsp3) is 0.136. The summed E-state index contributed by atoms with van der Waals surface area (Å²) in [4.78, 5) is 39.6. The highest BCUT2D eigenvalue weighted by Gasteiger charge is 2.27. The van der Waals surface area contributed by atoms with Gasteiger partial charge in [-0.15, -0.1) is 11.3 Å². The maximum absolute atomic E-state index is 13.0. The van der Waals surface area contributed by atoms with Crippen molar-refractivity contribution < 1.29 is 14.4 Å². The van der Waals surface area contributed by atoms with Crippen LogP contribution in [0.5, 0.6) is 0 Å². The second kappa shape index (κ2) is 8.69. The Morgan fingerprint density at radius 1 is 1.07 bits per heavy atom. The van der Waals surface area contributed by atoms with Crippen LogP contribution in [0, 0.1) is 0 Å². The van der Waals surface area contributed by atoms with Gasteiger partial charge in [0.25, 0.3) is 5.91 Å². The SMILES string of the molecule is O=C(CCc1ccc(Cl)s1)Nc1ccc(C(=O)N2CC(=O)Nc3ccccc32)cc1. The molecule has 1 aliphatic heterocycles. The van der Waals surface area contributed by atoms with Gasteiger partial charge in [0.2, 0.25) is 11.8 Å². The van der Waals surface area contributed by atoms with Crippen LogP contribution < -0.4 is 15.5 Å². The summed E-state index contributed by atoms with van der Waals surface area (Å²) in [5.41, 5.74) is 2.31. The van der Waals surface area contributed by atoms with Gasteiger partial charge in [-0.05, 0) is 55.0 Å². The molecule has 30 heavy (non-hydrogen) atoms. The van der Waals surface area contributed by atoms with E-state index in [-0.39, 0.29) is 24.3 Å². The molecule has 0 atom stereocenters. The Morgan fingerprint density at radius 2 is 1.83 bits per heavy atom. The Bertz CT molecular complexity index is 1110. The average Bonchev–Trinajstić information content (AvgIpc) is 3.17. The normalized spacial score (nSPS) is 12.8. The fourth-order valence-corrected chi connectivity index (χ4v) is 4.30. The van der Waals surface area contributed by atoms with Gasteiger partial charge in [0.1, 0.15) is 6.54 Å². The first-order valence-corrected chi connectivity index (χ1v) is 10.5. The summed E-state index contributed by atoms with van der Waals surface area (Å²) in [6, 6.07) is 17.6. The van der Waals surface area contributed by atoms with Gasteiger partial charge in [0.15, 0.2) is 0 Å². The lowest BCUT2D eigenvalue weighted by molar-refractivity contribution is -0.116. The summed E-state index contributed by atoms with van der Waals surface area (Å²) >= 11 is 7.37. The van der Waals surface area contributed by atoms with Crippen LogP contribution >= 0.6 is 22.9 Å². The molecular formula is C22H18ClN3O3S. The molecule has 0 radical (unpaired) electrons. The van der Waals surface area contributed by atoms with Crippen molar-refractivity contribution in [1.29, 1.82) is 0 Å². The molecule has 0 saturated heterocycles. The summed E-state index contributed by atoms with van der Waals surface area (Å²) in [6.07, 6.45) is 0.966. The number of carbonyl (C=O) groups is 3. The molecule has 3 aromatic rings. The molecule has 0 unspecified atom stereocenters. The van der Waals surface area contributed by atoms with E-state index in [1.54, 1.807) is 42.5 Å². The number of para-hydroxylation sites is 2. The molecule has 8 heteroatoms. The van der Waals surface area contributed by atoms with Crippen molar-refractivity contribution in [3.05, 3.63) is 75.4 Å². The Morgan fingerprint density at radius 3 is 2.57 bits per heavy atom. The number of halogens is 1. The van der Waals surface area contributed by atoms with E-state index in [9.17, 15) is 14.4 Å². The summed E-state index contributed by atoms with van der Waals surface area (Å²) in [5, 5.41) is 5.60. The third-order valence-electron chi connectivity index (χ3n) is 4.66. The Kier molecular flexibility index (Phi) is 5.83. The zero-order chi connectivity index (χ0) is 21.1. The number of fused-ring (bicyclic) bond motifs is 1. The third-order valence-corrected chi connectivity index (χ3v) is 5.95. The number of hydrogen-bond acceptors (Lipinski definition) is 4. The monoisotopic (exact) mass is 439 g/mol. The van der Waals surface area contributed by atoms with Crippen LogP contribution in [0.25, 0.3) is 0 Å². The highest BCUT2D eigenvalue weighted by molar-refractivity contribution is 7.16. The maximum atomic E-state index is 13.0. The second-order valence-electron chi connectivity index (χ2n) is 6.79. The molecule has 0 aliphatic carbocycles. The number of anilines is 3. The molecule has 1 aromatic heterocycles. The van der Waals surface area contributed by atoms with Crippen LogP contribution in [-0.2, 0) is 16.0 Å². The lowest BCUT2D eigenvalue weighted by Crippen LogP contribution is -2.42. The molecule has 6 nitrogen and oxygen atoms in total. The number of nitrogens with zero attached hydrogens (tertiary/aromatic N) is 1. The van der Waals surface area contributed by atoms with E-state index in [1.165, 1.54) is 16.2 Å². The Balaban J connectivity index is 1.40. The molecule has 152 valence electrons. The quantitative estimate of drug-likeness (QED) is 0.611. The minimum atomic E-state index is -0.273. The average molecular weight is 440 g/mol. The summed E-state index contributed by atoms with van der Waals surface area (Å²) in [6.45, 7) is -0.0406. The largest absolute Gasteiger partial charge is 0.326 e. The van der Waals surface area contributed by atoms with Gasteiger partial charge in [-0.3, -0.25) is 19.3 Å². The molecule has 2 aromatic carbocycles. The molecule has 0 saturated carbocycles. The lowest BCUT2D eigenvalue weighted by atomic mass is 10.1. The zero-order valence-corrected chi connectivity index (χ0v) is 17.4. The number of hydrogen-bond donors (Lipinski definition) is 2. The van der Waals surface area contributed by atoms with Crippen molar-refractivity contribution in [2.75, 3.05) is 22.1 Å². The van der Waals surface area contributed by atoms with Gasteiger partial charge in [-0.1, -0.05) is 23.7 Å². The van der Waals surface area contributed by atoms with E-state index in [1.807, 2.05) is 18.2 Å². The van der Waals surface area contributed by atoms with Crippen molar-refractivity contribution in [1.82, 2.24) is 0 Å². The van der Waals surface area contributed by atoms with Crippen molar-refractivity contribution in [3.8, 4) is 0 Å². The number of thiophene rings is 1. The second-order valence-corrected chi connectivity index (χ2v) is 8.59. The van der Waals surface area contributed by atoms with Crippen LogP contribution in [0.4, 0.5) is 17.1 Å². The number of amides is 3.